The van der Waals surface area contributed by atoms with Gasteiger partial charge in [0.15, 0.2) is 0 Å². The Hall–Kier alpha value is -1.65. The second-order valence-corrected chi connectivity index (χ2v) is 9.96. The number of rotatable bonds is 6. The SMILES string of the molecule is COc1ccc(N2C(=O)[C@@H](C)CS2(=O)=O)cc1S(=O)(=O)NCC(C)C. The fourth-order valence-electron chi connectivity index (χ4n) is 2.44. The molecule has 0 aromatic heterocycles. The summed E-state index contributed by atoms with van der Waals surface area (Å²) >= 11 is 0. The number of carbonyl (C=O) groups excluding carboxylic acids is 1. The fraction of sp³-hybridized carbons (Fsp3) is 0.533. The van der Waals surface area contributed by atoms with Crippen LogP contribution in [-0.2, 0) is 24.8 Å². The minimum atomic E-state index is -3.93. The smallest absolute Gasteiger partial charge is 0.244 e. The molecule has 1 amide bonds. The molecule has 25 heavy (non-hydrogen) atoms. The summed E-state index contributed by atoms with van der Waals surface area (Å²) < 4.78 is 57.7. The lowest BCUT2D eigenvalue weighted by atomic mass is 10.2. The van der Waals surface area contributed by atoms with Crippen molar-refractivity contribution in [3.63, 3.8) is 0 Å². The molecule has 0 bridgehead atoms. The Bertz CT molecular complexity index is 877. The van der Waals surface area contributed by atoms with Gasteiger partial charge in [-0.1, -0.05) is 20.8 Å². The third-order valence-electron chi connectivity index (χ3n) is 3.71. The topological polar surface area (TPSA) is 110 Å². The van der Waals surface area contributed by atoms with Crippen LogP contribution in [0.3, 0.4) is 0 Å². The largest absolute Gasteiger partial charge is 0.495 e. The highest BCUT2D eigenvalue weighted by molar-refractivity contribution is 7.94. The molecule has 1 aromatic rings. The van der Waals surface area contributed by atoms with Gasteiger partial charge in [0, 0.05) is 6.54 Å². The second kappa shape index (κ2) is 6.93. The molecule has 140 valence electrons. The van der Waals surface area contributed by atoms with E-state index in [9.17, 15) is 21.6 Å². The van der Waals surface area contributed by atoms with Gasteiger partial charge in [0.25, 0.3) is 0 Å². The van der Waals surface area contributed by atoms with Crippen LogP contribution in [0, 0.1) is 11.8 Å². The maximum atomic E-state index is 12.5. The number of methoxy groups -OCH3 is 1. The van der Waals surface area contributed by atoms with E-state index in [2.05, 4.69) is 4.72 Å². The summed E-state index contributed by atoms with van der Waals surface area (Å²) in [4.78, 5) is 12.0. The normalized spacial score (nSPS) is 20.3. The van der Waals surface area contributed by atoms with E-state index in [0.29, 0.717) is 4.31 Å². The summed E-state index contributed by atoms with van der Waals surface area (Å²) in [5.41, 5.74) is -0.0138. The third-order valence-corrected chi connectivity index (χ3v) is 7.03. The lowest BCUT2D eigenvalue weighted by Crippen LogP contribution is -2.31. The molecule has 1 N–H and O–H groups in total. The van der Waals surface area contributed by atoms with Crippen LogP contribution in [0.25, 0.3) is 0 Å². The first kappa shape index (κ1) is 19.7. The molecule has 1 heterocycles. The van der Waals surface area contributed by atoms with Crippen LogP contribution in [0.15, 0.2) is 23.1 Å². The Morgan fingerprint density at radius 3 is 2.48 bits per heavy atom. The quantitative estimate of drug-likeness (QED) is 0.774. The van der Waals surface area contributed by atoms with Crippen LogP contribution in [-0.4, -0.2) is 42.2 Å². The maximum absolute atomic E-state index is 12.5. The van der Waals surface area contributed by atoms with E-state index in [4.69, 9.17) is 4.74 Å². The highest BCUT2D eigenvalue weighted by Crippen LogP contribution is 2.33. The number of nitrogens with one attached hydrogen (secondary N) is 1. The number of ether oxygens (including phenoxy) is 1. The molecule has 1 fully saturated rings. The number of hydrogen-bond donors (Lipinski definition) is 1. The summed E-state index contributed by atoms with van der Waals surface area (Å²) in [6, 6.07) is 3.84. The van der Waals surface area contributed by atoms with E-state index in [1.165, 1.54) is 26.2 Å². The molecule has 0 radical (unpaired) electrons. The first-order valence-corrected chi connectivity index (χ1v) is 10.8. The average Bonchev–Trinajstić information content (AvgIpc) is 2.72. The van der Waals surface area contributed by atoms with Gasteiger partial charge in [-0.2, -0.15) is 0 Å². The number of sulfonamides is 2. The number of nitrogens with zero attached hydrogens (tertiary/aromatic N) is 1. The Labute approximate surface area is 148 Å². The molecule has 2 rings (SSSR count). The number of carbonyl (C=O) groups is 1. The van der Waals surface area contributed by atoms with Crippen molar-refractivity contribution in [3.8, 4) is 5.75 Å². The van der Waals surface area contributed by atoms with E-state index in [1.807, 2.05) is 13.8 Å². The Morgan fingerprint density at radius 2 is 2.00 bits per heavy atom. The predicted molar refractivity (Wildman–Crippen MR) is 93.5 cm³/mol. The van der Waals surface area contributed by atoms with Gasteiger partial charge in [-0.3, -0.25) is 4.79 Å². The number of hydrogen-bond acceptors (Lipinski definition) is 6. The van der Waals surface area contributed by atoms with E-state index in [1.54, 1.807) is 0 Å². The highest BCUT2D eigenvalue weighted by Gasteiger charge is 2.42. The molecule has 1 aliphatic heterocycles. The van der Waals surface area contributed by atoms with E-state index >= 15 is 0 Å². The Morgan fingerprint density at radius 1 is 1.36 bits per heavy atom. The van der Waals surface area contributed by atoms with Crippen LogP contribution >= 0.6 is 0 Å². The molecule has 1 aromatic carbocycles. The molecule has 0 aliphatic carbocycles. The lowest BCUT2D eigenvalue weighted by molar-refractivity contribution is -0.119. The van der Waals surface area contributed by atoms with E-state index in [0.717, 1.165) is 6.07 Å². The third kappa shape index (κ3) is 3.96. The van der Waals surface area contributed by atoms with Gasteiger partial charge in [0.1, 0.15) is 10.6 Å². The summed E-state index contributed by atoms with van der Waals surface area (Å²) in [7, 11) is -6.43. The van der Waals surface area contributed by atoms with Gasteiger partial charge >= 0.3 is 0 Å². The van der Waals surface area contributed by atoms with Gasteiger partial charge in [0.05, 0.1) is 24.5 Å². The molecule has 0 unspecified atom stereocenters. The molecular weight excluding hydrogens is 368 g/mol. The average molecular weight is 390 g/mol. The minimum absolute atomic E-state index is 0.0138. The van der Waals surface area contributed by atoms with Crippen molar-refractivity contribution in [1.29, 1.82) is 0 Å². The predicted octanol–water partition coefficient (Wildman–Crippen LogP) is 0.942. The van der Waals surface area contributed by atoms with Crippen molar-refractivity contribution in [2.75, 3.05) is 23.7 Å². The number of anilines is 1. The Kier molecular flexibility index (Phi) is 5.45. The number of benzene rings is 1. The lowest BCUT2D eigenvalue weighted by Gasteiger charge is -2.18. The van der Waals surface area contributed by atoms with Gasteiger partial charge in [-0.15, -0.1) is 0 Å². The monoisotopic (exact) mass is 390 g/mol. The molecule has 1 atom stereocenters. The molecule has 0 spiro atoms. The van der Waals surface area contributed by atoms with Crippen LogP contribution in [0.5, 0.6) is 5.75 Å². The summed E-state index contributed by atoms with van der Waals surface area (Å²) in [6.45, 7) is 5.44. The van der Waals surface area contributed by atoms with Crippen molar-refractivity contribution in [2.24, 2.45) is 11.8 Å². The van der Waals surface area contributed by atoms with E-state index < -0.39 is 31.9 Å². The highest BCUT2D eigenvalue weighted by atomic mass is 32.2. The van der Waals surface area contributed by atoms with E-state index in [-0.39, 0.29) is 34.5 Å². The Balaban J connectivity index is 2.53. The van der Waals surface area contributed by atoms with Gasteiger partial charge < -0.3 is 4.74 Å². The standard InChI is InChI=1S/C15H22N2O6S2/c1-10(2)8-16-25(21,22)14-7-12(5-6-13(14)23-4)17-15(18)11(3)9-24(17,19)20/h5-7,10-11,16H,8-9H2,1-4H3/t11-/m0/s1. The van der Waals surface area contributed by atoms with Crippen molar-refractivity contribution < 1.29 is 26.4 Å². The zero-order chi connectivity index (χ0) is 19.0. The van der Waals surface area contributed by atoms with Crippen molar-refractivity contribution in [1.82, 2.24) is 4.72 Å². The summed E-state index contributed by atoms with van der Waals surface area (Å²) in [5.74, 6) is -1.40. The van der Waals surface area contributed by atoms with Gasteiger partial charge in [-0.05, 0) is 24.1 Å². The molecule has 1 aliphatic rings. The first-order valence-electron chi connectivity index (χ1n) is 7.74. The van der Waals surface area contributed by atoms with Crippen LogP contribution in [0.4, 0.5) is 5.69 Å². The van der Waals surface area contributed by atoms with Crippen molar-refractivity contribution >= 4 is 31.6 Å². The van der Waals surface area contributed by atoms with Crippen molar-refractivity contribution in [2.45, 2.75) is 25.7 Å². The van der Waals surface area contributed by atoms with Crippen LogP contribution < -0.4 is 13.8 Å². The first-order chi connectivity index (χ1) is 11.5. The maximum Gasteiger partial charge on any atom is 0.244 e. The molecule has 0 saturated carbocycles. The second-order valence-electron chi connectivity index (χ2n) is 6.36. The number of amides is 1. The van der Waals surface area contributed by atoms with Gasteiger partial charge in [-0.25, -0.2) is 25.9 Å². The summed E-state index contributed by atoms with van der Waals surface area (Å²) in [6.07, 6.45) is 0. The molecular formula is C15H22N2O6S2. The zero-order valence-corrected chi connectivity index (χ0v) is 16.1. The van der Waals surface area contributed by atoms with Crippen LogP contribution in [0.2, 0.25) is 0 Å². The molecule has 10 heteroatoms. The summed E-state index contributed by atoms with van der Waals surface area (Å²) in [5, 5.41) is 0. The van der Waals surface area contributed by atoms with Gasteiger partial charge in [0.2, 0.25) is 26.0 Å². The van der Waals surface area contributed by atoms with Crippen molar-refractivity contribution in [3.05, 3.63) is 18.2 Å². The fourth-order valence-corrected chi connectivity index (χ4v) is 5.66. The molecule has 1 saturated heterocycles. The minimum Gasteiger partial charge on any atom is -0.495 e. The molecule has 8 nitrogen and oxygen atoms in total. The van der Waals surface area contributed by atoms with Crippen LogP contribution in [0.1, 0.15) is 20.8 Å². The zero-order valence-electron chi connectivity index (χ0n) is 14.5.